The minimum absolute atomic E-state index is 0.560. The molecule has 0 saturated carbocycles. The Morgan fingerprint density at radius 3 is 3.33 bits per heavy atom. The molecule has 0 aromatic carbocycles. The first-order chi connectivity index (χ1) is 4.31. The molecule has 2 atom stereocenters. The number of hydrogen-bond acceptors (Lipinski definition) is 1. The van der Waals surface area contributed by atoms with E-state index in [0.717, 1.165) is 13.2 Å². The van der Waals surface area contributed by atoms with Crippen molar-refractivity contribution < 1.29 is 8.96 Å². The molecular formula is C5H9B2NO+. The first-order valence-electron chi connectivity index (χ1n) is 3.43. The third-order valence-corrected chi connectivity index (χ3v) is 2.32. The van der Waals surface area contributed by atoms with Gasteiger partial charge in [0, 0.05) is 13.0 Å². The van der Waals surface area contributed by atoms with Crippen LogP contribution in [0.1, 0.15) is 12.8 Å². The van der Waals surface area contributed by atoms with E-state index in [-0.39, 0.29) is 0 Å². The average Bonchev–Trinajstić information content (AvgIpc) is 2.22. The molecule has 0 spiro atoms. The van der Waals surface area contributed by atoms with Gasteiger partial charge in [0.15, 0.2) is 0 Å². The van der Waals surface area contributed by atoms with E-state index in [0.29, 0.717) is 10.3 Å². The maximum Gasteiger partial charge on any atom is 0.626 e. The molecule has 45 valence electrons. The van der Waals surface area contributed by atoms with Crippen molar-refractivity contribution in [2.75, 3.05) is 13.2 Å². The molecule has 2 rings (SSSR count). The molecule has 3 radical (unpaired) electrons. The van der Waals surface area contributed by atoms with Crippen molar-refractivity contribution in [2.24, 2.45) is 0 Å². The fourth-order valence-electron chi connectivity index (χ4n) is 1.68. The third kappa shape index (κ3) is 0.733. The Morgan fingerprint density at radius 1 is 1.67 bits per heavy atom. The van der Waals surface area contributed by atoms with E-state index in [1.165, 1.54) is 12.8 Å². The van der Waals surface area contributed by atoms with E-state index in [4.69, 9.17) is 12.6 Å². The van der Waals surface area contributed by atoms with E-state index >= 15 is 0 Å². The van der Waals surface area contributed by atoms with Crippen molar-refractivity contribution in [3.63, 3.8) is 0 Å². The first kappa shape index (κ1) is 5.81. The fraction of sp³-hybridized carbons (Fsp3) is 1.00. The molecule has 2 nitrogen and oxygen atoms in total. The molecule has 9 heavy (non-hydrogen) atoms. The summed E-state index contributed by atoms with van der Waals surface area (Å²) in [5.74, 6) is 0. The van der Waals surface area contributed by atoms with Crippen LogP contribution in [0.5, 0.6) is 0 Å². The van der Waals surface area contributed by atoms with Gasteiger partial charge in [-0.3, -0.25) is 0 Å². The minimum atomic E-state index is 0.560. The summed E-state index contributed by atoms with van der Waals surface area (Å²) in [7, 11) is 7.70. The molecule has 4 heteroatoms. The van der Waals surface area contributed by atoms with Gasteiger partial charge in [0.05, 0.1) is 12.6 Å². The van der Waals surface area contributed by atoms with Crippen LogP contribution in [0, 0.1) is 0 Å². The Kier molecular flexibility index (Phi) is 1.14. The summed E-state index contributed by atoms with van der Waals surface area (Å²) >= 11 is 0. The zero-order valence-corrected chi connectivity index (χ0v) is 5.42. The predicted octanol–water partition coefficient (Wildman–Crippen LogP) is -0.387. The lowest BCUT2D eigenvalue weighted by Crippen LogP contribution is -2.47. The number of fused-ring (bicyclic) bond motifs is 1. The van der Waals surface area contributed by atoms with Gasteiger partial charge in [0.25, 0.3) is 0 Å². The monoisotopic (exact) mass is 121 g/mol. The number of quaternary nitrogens is 1. The van der Waals surface area contributed by atoms with Gasteiger partial charge in [-0.15, -0.1) is 0 Å². The van der Waals surface area contributed by atoms with Crippen LogP contribution in [0.25, 0.3) is 0 Å². The van der Waals surface area contributed by atoms with Crippen LogP contribution in [-0.4, -0.2) is 39.1 Å². The van der Waals surface area contributed by atoms with Gasteiger partial charge < -0.3 is 8.96 Å². The van der Waals surface area contributed by atoms with Crippen LogP contribution in [0.3, 0.4) is 0 Å². The Balaban J connectivity index is 2.17. The summed E-state index contributed by atoms with van der Waals surface area (Å²) in [6, 6.07) is 0.560. The SMILES string of the molecule is [B][N+]12[B]OC[C@@H]1CCC2. The highest BCUT2D eigenvalue weighted by Crippen LogP contribution is 2.27. The number of rotatable bonds is 0. The molecule has 0 aromatic rings. The Hall–Kier alpha value is 0.0499. The van der Waals surface area contributed by atoms with Gasteiger partial charge in [0.2, 0.25) is 0 Å². The van der Waals surface area contributed by atoms with E-state index in [1.54, 1.807) is 7.62 Å². The van der Waals surface area contributed by atoms with Crippen LogP contribution < -0.4 is 0 Å². The zero-order valence-electron chi connectivity index (χ0n) is 5.42. The summed E-state index contributed by atoms with van der Waals surface area (Å²) in [6.45, 7) is 1.89. The third-order valence-electron chi connectivity index (χ3n) is 2.32. The van der Waals surface area contributed by atoms with Gasteiger partial charge in [-0.1, -0.05) is 0 Å². The molecule has 2 heterocycles. The molecule has 2 aliphatic heterocycles. The lowest BCUT2D eigenvalue weighted by Gasteiger charge is -2.27. The van der Waals surface area contributed by atoms with E-state index in [2.05, 4.69) is 0 Å². The van der Waals surface area contributed by atoms with Crippen LogP contribution in [0.15, 0.2) is 0 Å². The quantitative estimate of drug-likeness (QED) is 0.396. The van der Waals surface area contributed by atoms with Crippen LogP contribution in [0.2, 0.25) is 0 Å². The van der Waals surface area contributed by atoms with Crippen molar-refractivity contribution in [1.29, 1.82) is 0 Å². The molecule has 1 unspecified atom stereocenters. The molecule has 0 bridgehead atoms. The maximum absolute atomic E-state index is 5.92. The fourth-order valence-corrected chi connectivity index (χ4v) is 1.68. The largest absolute Gasteiger partial charge is 0.626 e. The number of hydrogen-bond donors (Lipinski definition) is 0. The second-order valence-corrected chi connectivity index (χ2v) is 2.95. The van der Waals surface area contributed by atoms with E-state index < -0.39 is 0 Å². The minimum Gasteiger partial charge on any atom is -0.437 e. The van der Waals surface area contributed by atoms with Gasteiger partial charge in [0.1, 0.15) is 0 Å². The Bertz CT molecular complexity index is 120. The summed E-state index contributed by atoms with van der Waals surface area (Å²) in [5.41, 5.74) is 0. The van der Waals surface area contributed by atoms with Crippen molar-refractivity contribution in [1.82, 2.24) is 0 Å². The summed E-state index contributed by atoms with van der Waals surface area (Å²) < 4.78 is 5.71. The Morgan fingerprint density at radius 2 is 2.56 bits per heavy atom. The molecule has 2 saturated heterocycles. The van der Waals surface area contributed by atoms with E-state index in [1.807, 2.05) is 0 Å². The summed E-state index contributed by atoms with van der Waals surface area (Å²) in [6.07, 6.45) is 2.48. The molecule has 0 amide bonds. The van der Waals surface area contributed by atoms with Crippen LogP contribution in [-0.2, 0) is 4.65 Å². The topological polar surface area (TPSA) is 9.23 Å². The van der Waals surface area contributed by atoms with Crippen molar-refractivity contribution in [3.8, 4) is 0 Å². The van der Waals surface area contributed by atoms with Crippen LogP contribution >= 0.6 is 0 Å². The normalized spacial score (nSPS) is 48.7. The lowest BCUT2D eigenvalue weighted by molar-refractivity contribution is -0.705. The van der Waals surface area contributed by atoms with Gasteiger partial charge in [-0.25, -0.2) is 0 Å². The lowest BCUT2D eigenvalue weighted by atomic mass is 9.99. The molecule has 2 aliphatic rings. The molecule has 0 aliphatic carbocycles. The standard InChI is InChI=1S/C5H9B2NO/c6-8-3-1-2-5(8)4-9-7-8/h5H,1-4H2/q+1/t5-,8?/m0/s1. The number of nitrogens with zero attached hydrogens (tertiary/aromatic N) is 1. The Labute approximate surface area is 57.5 Å². The van der Waals surface area contributed by atoms with Gasteiger partial charge >= 0.3 is 15.6 Å². The summed E-state index contributed by atoms with van der Waals surface area (Å²) in [5, 5.41) is 0. The van der Waals surface area contributed by atoms with Gasteiger partial charge in [-0.2, -0.15) is 0 Å². The van der Waals surface area contributed by atoms with Crippen LogP contribution in [0.4, 0.5) is 0 Å². The first-order valence-corrected chi connectivity index (χ1v) is 3.43. The molecule has 0 N–H and O–H groups in total. The van der Waals surface area contributed by atoms with E-state index in [9.17, 15) is 0 Å². The van der Waals surface area contributed by atoms with Crippen molar-refractivity contribution >= 4 is 15.6 Å². The second kappa shape index (κ2) is 1.77. The highest BCUT2D eigenvalue weighted by Gasteiger charge is 2.45. The predicted molar refractivity (Wildman–Crippen MR) is 35.6 cm³/mol. The highest BCUT2D eigenvalue weighted by molar-refractivity contribution is 6.27. The molecule has 2 fully saturated rings. The second-order valence-electron chi connectivity index (χ2n) is 2.95. The summed E-state index contributed by atoms with van der Waals surface area (Å²) in [4.78, 5) is 0. The molecule has 0 aromatic heterocycles. The maximum atomic E-state index is 5.92. The average molecular weight is 121 g/mol. The molecular weight excluding hydrogens is 112 g/mol. The van der Waals surface area contributed by atoms with Crippen molar-refractivity contribution in [3.05, 3.63) is 0 Å². The highest BCUT2D eigenvalue weighted by atomic mass is 16.5. The zero-order chi connectivity index (χ0) is 6.32. The smallest absolute Gasteiger partial charge is 0.437 e. The van der Waals surface area contributed by atoms with Gasteiger partial charge in [-0.05, 0) is 6.42 Å². The van der Waals surface area contributed by atoms with Crippen molar-refractivity contribution in [2.45, 2.75) is 18.9 Å².